The lowest BCUT2D eigenvalue weighted by molar-refractivity contribution is 0.0884. The Morgan fingerprint density at radius 1 is 0.920 bits per heavy atom. The molecule has 5 heteroatoms. The van der Waals surface area contributed by atoms with E-state index >= 15 is 0 Å². The Morgan fingerprint density at radius 3 is 2.36 bits per heavy atom. The van der Waals surface area contributed by atoms with Crippen LogP contribution < -0.4 is 0 Å². The number of hydrogen-bond acceptors (Lipinski definition) is 4. The van der Waals surface area contributed by atoms with Gasteiger partial charge in [-0.05, 0) is 35.4 Å². The van der Waals surface area contributed by atoms with Crippen molar-refractivity contribution in [1.82, 2.24) is 4.90 Å². The monoisotopic (exact) mass is 337 g/mol. The summed E-state index contributed by atoms with van der Waals surface area (Å²) in [4.78, 5) is 14.1. The number of nitrogens with zero attached hydrogens (tertiary/aromatic N) is 1. The van der Waals surface area contributed by atoms with E-state index in [1.54, 1.807) is 41.5 Å². The minimum Gasteiger partial charge on any atom is -0.508 e. The molecule has 0 saturated heterocycles. The van der Waals surface area contributed by atoms with Crippen molar-refractivity contribution in [1.29, 1.82) is 0 Å². The van der Waals surface area contributed by atoms with Gasteiger partial charge in [-0.15, -0.1) is 0 Å². The molecule has 1 N–H and O–H groups in total. The zero-order valence-corrected chi connectivity index (χ0v) is 13.7. The fourth-order valence-electron chi connectivity index (χ4n) is 2.41. The second kappa shape index (κ2) is 8.06. The molecule has 1 amide bonds. The molecule has 1 aromatic heterocycles. The lowest BCUT2D eigenvalue weighted by Crippen LogP contribution is -2.30. The van der Waals surface area contributed by atoms with Gasteiger partial charge in [0, 0.05) is 6.54 Å². The van der Waals surface area contributed by atoms with Crippen LogP contribution in [-0.2, 0) is 24.4 Å². The largest absolute Gasteiger partial charge is 0.508 e. The maximum atomic E-state index is 12.5. The summed E-state index contributed by atoms with van der Waals surface area (Å²) in [6, 6.07) is 19.9. The predicted octanol–water partition coefficient (Wildman–Crippen LogP) is 4.32. The van der Waals surface area contributed by atoms with E-state index in [1.165, 1.54) is 0 Å². The number of rotatable bonds is 6. The fraction of sp³-hybridized carbons (Fsp3) is 0.150. The number of carbonyl (C=O) groups is 1. The van der Waals surface area contributed by atoms with Crippen molar-refractivity contribution in [3.8, 4) is 5.75 Å². The Hall–Kier alpha value is -3.21. The number of phenols is 1. The van der Waals surface area contributed by atoms with Gasteiger partial charge in [0.1, 0.15) is 18.1 Å². The molecule has 25 heavy (non-hydrogen) atoms. The number of benzene rings is 2. The third-order valence-corrected chi connectivity index (χ3v) is 3.70. The highest BCUT2D eigenvalue weighted by atomic mass is 16.6. The van der Waals surface area contributed by atoms with Crippen LogP contribution in [0, 0.1) is 0 Å². The predicted molar refractivity (Wildman–Crippen MR) is 92.7 cm³/mol. The number of carbonyl (C=O) groups excluding carboxylic acids is 1. The second-order valence-electron chi connectivity index (χ2n) is 5.64. The van der Waals surface area contributed by atoms with Gasteiger partial charge in [0.15, 0.2) is 0 Å². The molecular formula is C20H19NO4. The summed E-state index contributed by atoms with van der Waals surface area (Å²) in [7, 11) is 0. The summed E-state index contributed by atoms with van der Waals surface area (Å²) in [5, 5.41) is 9.40. The minimum atomic E-state index is -0.423. The zero-order valence-electron chi connectivity index (χ0n) is 13.7. The Bertz CT molecular complexity index is 782. The van der Waals surface area contributed by atoms with Crippen molar-refractivity contribution < 1.29 is 19.1 Å². The van der Waals surface area contributed by atoms with Crippen molar-refractivity contribution in [2.24, 2.45) is 0 Å². The van der Waals surface area contributed by atoms with E-state index in [0.717, 1.165) is 11.1 Å². The number of hydrogen-bond donors (Lipinski definition) is 1. The van der Waals surface area contributed by atoms with Crippen LogP contribution in [0.1, 0.15) is 16.9 Å². The van der Waals surface area contributed by atoms with Gasteiger partial charge in [0.05, 0.1) is 12.8 Å². The van der Waals surface area contributed by atoms with E-state index in [2.05, 4.69) is 0 Å². The molecule has 128 valence electrons. The minimum absolute atomic E-state index is 0.188. The molecule has 3 rings (SSSR count). The van der Waals surface area contributed by atoms with Crippen LogP contribution in [0.5, 0.6) is 5.75 Å². The first-order valence-corrected chi connectivity index (χ1v) is 7.96. The lowest BCUT2D eigenvalue weighted by atomic mass is 10.2. The van der Waals surface area contributed by atoms with Crippen LogP contribution in [0.15, 0.2) is 77.4 Å². The normalized spacial score (nSPS) is 10.4. The number of phenolic OH excluding ortho intramolecular Hbond substituents is 1. The highest BCUT2D eigenvalue weighted by Gasteiger charge is 2.17. The molecule has 5 nitrogen and oxygen atoms in total. The molecule has 0 saturated carbocycles. The molecule has 1 heterocycles. The van der Waals surface area contributed by atoms with Gasteiger partial charge in [-0.25, -0.2) is 4.79 Å². The topological polar surface area (TPSA) is 62.9 Å². The van der Waals surface area contributed by atoms with Crippen molar-refractivity contribution in [2.45, 2.75) is 19.7 Å². The van der Waals surface area contributed by atoms with Gasteiger partial charge < -0.3 is 14.3 Å². The van der Waals surface area contributed by atoms with Gasteiger partial charge in [-0.1, -0.05) is 42.5 Å². The quantitative estimate of drug-likeness (QED) is 0.727. The van der Waals surface area contributed by atoms with Crippen LogP contribution in [0.2, 0.25) is 0 Å². The van der Waals surface area contributed by atoms with E-state index in [-0.39, 0.29) is 12.4 Å². The summed E-state index contributed by atoms with van der Waals surface area (Å²) in [5.41, 5.74) is 1.82. The molecule has 0 bridgehead atoms. The van der Waals surface area contributed by atoms with Crippen molar-refractivity contribution in [3.05, 3.63) is 89.9 Å². The Labute approximate surface area is 146 Å². The molecule has 3 aromatic rings. The molecule has 0 aliphatic carbocycles. The summed E-state index contributed by atoms with van der Waals surface area (Å²) in [5.74, 6) is 0.864. The fourth-order valence-corrected chi connectivity index (χ4v) is 2.41. The summed E-state index contributed by atoms with van der Waals surface area (Å²) < 4.78 is 10.8. The first-order valence-electron chi connectivity index (χ1n) is 7.96. The standard InChI is InChI=1S/C20H19NO4/c22-18-10-8-16(9-11-18)13-21(14-19-7-4-12-24-19)20(23)25-15-17-5-2-1-3-6-17/h1-12,22H,13-15H2. The van der Waals surface area contributed by atoms with Gasteiger partial charge in [0.25, 0.3) is 0 Å². The zero-order chi connectivity index (χ0) is 17.5. The SMILES string of the molecule is O=C(OCc1ccccc1)N(Cc1ccc(O)cc1)Cc1ccco1. The maximum absolute atomic E-state index is 12.5. The van der Waals surface area contributed by atoms with Crippen LogP contribution in [0.25, 0.3) is 0 Å². The summed E-state index contributed by atoms with van der Waals surface area (Å²) >= 11 is 0. The Kier molecular flexibility index (Phi) is 5.36. The van der Waals surface area contributed by atoms with E-state index < -0.39 is 6.09 Å². The van der Waals surface area contributed by atoms with E-state index in [4.69, 9.17) is 9.15 Å². The highest BCUT2D eigenvalue weighted by molar-refractivity contribution is 5.67. The first-order chi connectivity index (χ1) is 12.2. The lowest BCUT2D eigenvalue weighted by Gasteiger charge is -2.21. The van der Waals surface area contributed by atoms with E-state index in [9.17, 15) is 9.90 Å². The second-order valence-corrected chi connectivity index (χ2v) is 5.64. The van der Waals surface area contributed by atoms with Crippen LogP contribution in [-0.4, -0.2) is 16.1 Å². The average molecular weight is 337 g/mol. The molecule has 0 unspecified atom stereocenters. The van der Waals surface area contributed by atoms with Crippen molar-refractivity contribution in [2.75, 3.05) is 0 Å². The van der Waals surface area contributed by atoms with Crippen molar-refractivity contribution >= 4 is 6.09 Å². The Balaban J connectivity index is 1.68. The molecule has 0 radical (unpaired) electrons. The summed E-state index contributed by atoms with van der Waals surface area (Å²) in [6.07, 6.45) is 1.15. The molecule has 0 aliphatic heterocycles. The molecule has 2 aromatic carbocycles. The molecule has 0 aliphatic rings. The average Bonchev–Trinajstić information content (AvgIpc) is 3.15. The van der Waals surface area contributed by atoms with Gasteiger partial charge in [0.2, 0.25) is 0 Å². The third kappa shape index (κ3) is 4.88. The van der Waals surface area contributed by atoms with Gasteiger partial charge >= 0.3 is 6.09 Å². The third-order valence-electron chi connectivity index (χ3n) is 3.70. The first kappa shape index (κ1) is 16.6. The highest BCUT2D eigenvalue weighted by Crippen LogP contribution is 2.15. The van der Waals surface area contributed by atoms with Crippen molar-refractivity contribution in [3.63, 3.8) is 0 Å². The van der Waals surface area contributed by atoms with E-state index in [0.29, 0.717) is 18.8 Å². The van der Waals surface area contributed by atoms with Crippen LogP contribution >= 0.6 is 0 Å². The molecular weight excluding hydrogens is 318 g/mol. The van der Waals surface area contributed by atoms with Gasteiger partial charge in [-0.2, -0.15) is 0 Å². The maximum Gasteiger partial charge on any atom is 0.410 e. The van der Waals surface area contributed by atoms with Crippen LogP contribution in [0.4, 0.5) is 4.79 Å². The number of furan rings is 1. The number of ether oxygens (including phenoxy) is 1. The molecule has 0 spiro atoms. The van der Waals surface area contributed by atoms with Crippen LogP contribution in [0.3, 0.4) is 0 Å². The van der Waals surface area contributed by atoms with E-state index in [1.807, 2.05) is 36.4 Å². The Morgan fingerprint density at radius 2 is 1.68 bits per heavy atom. The number of amides is 1. The van der Waals surface area contributed by atoms with Gasteiger partial charge in [-0.3, -0.25) is 4.90 Å². The molecule has 0 atom stereocenters. The smallest absolute Gasteiger partial charge is 0.410 e. The number of aromatic hydroxyl groups is 1. The molecule has 0 fully saturated rings. The summed E-state index contributed by atoms with van der Waals surface area (Å²) in [6.45, 7) is 0.875.